The fourth-order valence-electron chi connectivity index (χ4n) is 5.78. The van der Waals surface area contributed by atoms with Gasteiger partial charge in [0, 0.05) is 56.7 Å². The molecule has 10 heteroatoms. The Balaban J connectivity index is 1.24. The van der Waals surface area contributed by atoms with Crippen LogP contribution in [0.25, 0.3) is 0 Å². The number of aromatic nitrogens is 2. The molecule has 2 amide bonds. The second-order valence-corrected chi connectivity index (χ2v) is 11.7. The predicted octanol–water partition coefficient (Wildman–Crippen LogP) is 4.61. The summed E-state index contributed by atoms with van der Waals surface area (Å²) in [6.07, 6.45) is 5.57. The van der Waals surface area contributed by atoms with Crippen LogP contribution >= 0.6 is 23.2 Å². The number of rotatable bonds is 7. The van der Waals surface area contributed by atoms with E-state index in [4.69, 9.17) is 23.2 Å². The molecule has 0 radical (unpaired) electrons. The van der Waals surface area contributed by atoms with Crippen molar-refractivity contribution in [2.45, 2.75) is 45.3 Å². The number of benzene rings is 2. The summed E-state index contributed by atoms with van der Waals surface area (Å²) in [6.45, 7) is 8.28. The maximum absolute atomic E-state index is 13.6. The van der Waals surface area contributed by atoms with E-state index in [-0.39, 0.29) is 30.4 Å². The molecule has 0 aliphatic carbocycles. The molecule has 2 aliphatic rings. The van der Waals surface area contributed by atoms with Gasteiger partial charge in [0.05, 0.1) is 29.2 Å². The zero-order chi connectivity index (χ0) is 28.2. The van der Waals surface area contributed by atoms with Crippen LogP contribution in [0.5, 0.6) is 0 Å². The van der Waals surface area contributed by atoms with Gasteiger partial charge in [-0.25, -0.2) is 4.98 Å². The second-order valence-electron chi connectivity index (χ2n) is 10.9. The molecule has 1 atom stereocenters. The lowest BCUT2D eigenvalue weighted by Gasteiger charge is -2.42. The number of aryl methyl sites for hydroxylation is 2. The molecule has 2 aromatic carbocycles. The highest BCUT2D eigenvalue weighted by Crippen LogP contribution is 2.31. The van der Waals surface area contributed by atoms with Gasteiger partial charge in [0.1, 0.15) is 5.82 Å². The van der Waals surface area contributed by atoms with E-state index in [0.29, 0.717) is 35.2 Å². The SMILES string of the molecule is Cc1cc(C)cc(C(=O)N2CCN(C(=O)CNC3CCN(Cc4ncc[nH]4)CC3)C(c3ccc(Cl)c(Cl)c3)C2)c1. The normalized spacial score (nSPS) is 18.8. The maximum Gasteiger partial charge on any atom is 0.254 e. The third kappa shape index (κ3) is 6.86. The number of amides is 2. The van der Waals surface area contributed by atoms with Crippen molar-refractivity contribution in [2.75, 3.05) is 39.3 Å². The number of piperazine rings is 1. The minimum absolute atomic E-state index is 0.0209. The number of nitrogens with zero attached hydrogens (tertiary/aromatic N) is 4. The van der Waals surface area contributed by atoms with Crippen LogP contribution in [0, 0.1) is 13.8 Å². The lowest BCUT2D eigenvalue weighted by atomic mass is 10.00. The standard InChI is InChI=1S/C30H36Cl2N6O2/c1-20-13-21(2)15-23(14-20)30(40)37-11-12-38(27(18-37)22-3-4-25(31)26(32)16-22)29(39)17-35-24-5-9-36(10-6-24)19-28-33-7-8-34-28/h3-4,7-8,13-16,24,27,35H,5-6,9-12,17-19H2,1-2H3,(H,33,34). The van der Waals surface area contributed by atoms with E-state index in [1.165, 1.54) is 0 Å². The third-order valence-electron chi connectivity index (χ3n) is 7.84. The topological polar surface area (TPSA) is 84.6 Å². The van der Waals surface area contributed by atoms with Gasteiger partial charge in [-0.15, -0.1) is 0 Å². The van der Waals surface area contributed by atoms with Gasteiger partial charge < -0.3 is 20.1 Å². The molecule has 0 spiro atoms. The molecule has 3 heterocycles. The van der Waals surface area contributed by atoms with Crippen molar-refractivity contribution in [3.05, 3.63) is 86.9 Å². The average Bonchev–Trinajstić information content (AvgIpc) is 3.46. The van der Waals surface area contributed by atoms with Crippen molar-refractivity contribution in [3.8, 4) is 0 Å². The molecule has 2 fully saturated rings. The molecule has 40 heavy (non-hydrogen) atoms. The molecule has 0 bridgehead atoms. The summed E-state index contributed by atoms with van der Waals surface area (Å²) in [5.74, 6) is 0.973. The Bertz CT molecular complexity index is 1320. The number of H-pyrrole nitrogens is 1. The van der Waals surface area contributed by atoms with E-state index >= 15 is 0 Å². The molecule has 1 unspecified atom stereocenters. The number of carbonyl (C=O) groups excluding carboxylic acids is 2. The summed E-state index contributed by atoms with van der Waals surface area (Å²) in [5, 5.41) is 4.39. The summed E-state index contributed by atoms with van der Waals surface area (Å²) in [7, 11) is 0. The Hall–Kier alpha value is -2.91. The lowest BCUT2D eigenvalue weighted by Crippen LogP contribution is -2.54. The number of hydrogen-bond donors (Lipinski definition) is 2. The molecular formula is C30H36Cl2N6O2. The van der Waals surface area contributed by atoms with Crippen LogP contribution in [0.4, 0.5) is 0 Å². The Morgan fingerprint density at radius 3 is 2.42 bits per heavy atom. The van der Waals surface area contributed by atoms with Crippen LogP contribution in [0.1, 0.15) is 51.8 Å². The van der Waals surface area contributed by atoms with Gasteiger partial charge in [-0.05, 0) is 56.5 Å². The first-order valence-corrected chi connectivity index (χ1v) is 14.6. The number of piperidine rings is 1. The number of imidazole rings is 1. The summed E-state index contributed by atoms with van der Waals surface area (Å²) in [5.41, 5.74) is 3.64. The largest absolute Gasteiger partial charge is 0.348 e. The van der Waals surface area contributed by atoms with E-state index in [0.717, 1.165) is 55.0 Å². The van der Waals surface area contributed by atoms with Gasteiger partial charge in [0.2, 0.25) is 5.91 Å². The zero-order valence-electron chi connectivity index (χ0n) is 23.0. The van der Waals surface area contributed by atoms with E-state index in [1.54, 1.807) is 12.3 Å². The quantitative estimate of drug-likeness (QED) is 0.425. The summed E-state index contributed by atoms with van der Waals surface area (Å²) in [4.78, 5) is 40.6. The summed E-state index contributed by atoms with van der Waals surface area (Å²) < 4.78 is 0. The van der Waals surface area contributed by atoms with Gasteiger partial charge in [0.15, 0.2) is 0 Å². The Labute approximate surface area is 245 Å². The fourth-order valence-corrected chi connectivity index (χ4v) is 6.08. The first-order valence-electron chi connectivity index (χ1n) is 13.8. The van der Waals surface area contributed by atoms with Crippen LogP contribution in [0.2, 0.25) is 10.0 Å². The average molecular weight is 584 g/mol. The smallest absolute Gasteiger partial charge is 0.254 e. The van der Waals surface area contributed by atoms with Crippen LogP contribution in [-0.2, 0) is 11.3 Å². The van der Waals surface area contributed by atoms with Crippen LogP contribution in [0.15, 0.2) is 48.8 Å². The van der Waals surface area contributed by atoms with E-state index in [1.807, 2.05) is 54.1 Å². The molecule has 3 aromatic rings. The maximum atomic E-state index is 13.6. The predicted molar refractivity (Wildman–Crippen MR) is 158 cm³/mol. The molecule has 2 saturated heterocycles. The monoisotopic (exact) mass is 582 g/mol. The molecule has 0 saturated carbocycles. The summed E-state index contributed by atoms with van der Waals surface area (Å²) in [6, 6.07) is 11.3. The van der Waals surface area contributed by atoms with Crippen molar-refractivity contribution < 1.29 is 9.59 Å². The number of carbonyl (C=O) groups is 2. The molecule has 1 aromatic heterocycles. The van der Waals surface area contributed by atoms with Crippen molar-refractivity contribution in [3.63, 3.8) is 0 Å². The Morgan fingerprint density at radius 1 is 1.00 bits per heavy atom. The lowest BCUT2D eigenvalue weighted by molar-refractivity contribution is -0.135. The van der Waals surface area contributed by atoms with E-state index < -0.39 is 0 Å². The minimum Gasteiger partial charge on any atom is -0.348 e. The minimum atomic E-state index is -0.317. The van der Waals surface area contributed by atoms with Crippen molar-refractivity contribution >= 4 is 35.0 Å². The van der Waals surface area contributed by atoms with Crippen molar-refractivity contribution in [1.29, 1.82) is 0 Å². The second kappa shape index (κ2) is 12.7. The van der Waals surface area contributed by atoms with Gasteiger partial charge in [-0.1, -0.05) is 46.5 Å². The fraction of sp³-hybridized carbons (Fsp3) is 0.433. The third-order valence-corrected chi connectivity index (χ3v) is 8.58. The van der Waals surface area contributed by atoms with Gasteiger partial charge in [-0.3, -0.25) is 14.5 Å². The highest BCUT2D eigenvalue weighted by molar-refractivity contribution is 6.42. The number of nitrogens with one attached hydrogen (secondary N) is 2. The number of aromatic amines is 1. The molecule has 2 N–H and O–H groups in total. The molecule has 8 nitrogen and oxygen atoms in total. The van der Waals surface area contributed by atoms with Crippen LogP contribution < -0.4 is 5.32 Å². The van der Waals surface area contributed by atoms with Crippen LogP contribution in [-0.4, -0.2) is 81.8 Å². The van der Waals surface area contributed by atoms with E-state index in [9.17, 15) is 9.59 Å². The number of likely N-dealkylation sites (tertiary alicyclic amines) is 1. The van der Waals surface area contributed by atoms with Gasteiger partial charge in [-0.2, -0.15) is 0 Å². The van der Waals surface area contributed by atoms with Gasteiger partial charge in [0.25, 0.3) is 5.91 Å². The molecule has 2 aliphatic heterocycles. The van der Waals surface area contributed by atoms with Gasteiger partial charge >= 0.3 is 0 Å². The van der Waals surface area contributed by atoms with E-state index in [2.05, 4.69) is 26.3 Å². The first kappa shape index (κ1) is 28.6. The van der Waals surface area contributed by atoms with Crippen LogP contribution in [0.3, 0.4) is 0 Å². The molecular weight excluding hydrogens is 547 g/mol. The highest BCUT2D eigenvalue weighted by atomic mass is 35.5. The Morgan fingerprint density at radius 2 is 1.75 bits per heavy atom. The Kier molecular flexibility index (Phi) is 9.10. The molecule has 212 valence electrons. The summed E-state index contributed by atoms with van der Waals surface area (Å²) >= 11 is 12.6. The zero-order valence-corrected chi connectivity index (χ0v) is 24.5. The van der Waals surface area contributed by atoms with Crippen molar-refractivity contribution in [1.82, 2.24) is 30.0 Å². The molecule has 5 rings (SSSR count). The number of halogens is 2. The first-order chi connectivity index (χ1) is 19.3. The van der Waals surface area contributed by atoms with Crippen molar-refractivity contribution in [2.24, 2.45) is 0 Å². The highest BCUT2D eigenvalue weighted by Gasteiger charge is 2.34. The number of hydrogen-bond acceptors (Lipinski definition) is 5.